The highest BCUT2D eigenvalue weighted by atomic mass is 16.5. The number of carbonyl (C=O) groups is 2. The van der Waals surface area contributed by atoms with Crippen LogP contribution in [0.25, 0.3) is 11.1 Å². The standard InChI is InChI=1S/C28H31N3O5/c32-15-4-16-36-26-12-9-23(19-25(26)30-27(33)20-31-13-17-35-18-14-31)28(34)29-24-10-7-22(8-11-24)21-5-2-1-3-6-21/h1-3,5-12,19,32H,4,13-18,20H2,(H,29,34)(H,30,33). The van der Waals surface area contributed by atoms with Crippen molar-refractivity contribution in [1.82, 2.24) is 4.90 Å². The molecule has 1 fully saturated rings. The van der Waals surface area contributed by atoms with Gasteiger partial charge >= 0.3 is 0 Å². The molecule has 3 aromatic rings. The van der Waals surface area contributed by atoms with Crippen LogP contribution in [0, 0.1) is 0 Å². The van der Waals surface area contributed by atoms with Crippen LogP contribution >= 0.6 is 0 Å². The summed E-state index contributed by atoms with van der Waals surface area (Å²) in [6, 6.07) is 22.6. The summed E-state index contributed by atoms with van der Waals surface area (Å²) < 4.78 is 11.1. The average Bonchev–Trinajstić information content (AvgIpc) is 2.91. The van der Waals surface area contributed by atoms with Gasteiger partial charge in [0.2, 0.25) is 5.91 Å². The quantitative estimate of drug-likeness (QED) is 0.376. The van der Waals surface area contributed by atoms with Crippen LogP contribution in [0.3, 0.4) is 0 Å². The topological polar surface area (TPSA) is 100 Å². The van der Waals surface area contributed by atoms with Crippen molar-refractivity contribution >= 4 is 23.2 Å². The number of benzene rings is 3. The second kappa shape index (κ2) is 12.8. The summed E-state index contributed by atoms with van der Waals surface area (Å²) in [7, 11) is 0. The fourth-order valence-corrected chi connectivity index (χ4v) is 3.87. The number of hydrogen-bond donors (Lipinski definition) is 3. The van der Waals surface area contributed by atoms with E-state index >= 15 is 0 Å². The Hall–Kier alpha value is -3.72. The number of ether oxygens (including phenoxy) is 2. The Labute approximate surface area is 210 Å². The second-order valence-corrected chi connectivity index (χ2v) is 8.47. The van der Waals surface area contributed by atoms with Crippen LogP contribution in [0.15, 0.2) is 72.8 Å². The van der Waals surface area contributed by atoms with Gasteiger partial charge in [0.05, 0.1) is 32.1 Å². The highest BCUT2D eigenvalue weighted by Crippen LogP contribution is 2.27. The Morgan fingerprint density at radius 1 is 0.917 bits per heavy atom. The molecule has 0 atom stereocenters. The molecule has 2 amide bonds. The molecule has 0 saturated carbocycles. The summed E-state index contributed by atoms with van der Waals surface area (Å²) >= 11 is 0. The number of morpholine rings is 1. The fraction of sp³-hybridized carbons (Fsp3) is 0.286. The van der Waals surface area contributed by atoms with Crippen LogP contribution in [-0.2, 0) is 9.53 Å². The number of aliphatic hydroxyl groups excluding tert-OH is 1. The van der Waals surface area contributed by atoms with E-state index in [1.54, 1.807) is 18.2 Å². The number of nitrogens with one attached hydrogen (secondary N) is 2. The summed E-state index contributed by atoms with van der Waals surface area (Å²) in [4.78, 5) is 27.7. The predicted molar refractivity (Wildman–Crippen MR) is 139 cm³/mol. The Morgan fingerprint density at radius 3 is 2.36 bits per heavy atom. The summed E-state index contributed by atoms with van der Waals surface area (Å²) in [6.45, 7) is 3.11. The molecule has 0 radical (unpaired) electrons. The third-order valence-electron chi connectivity index (χ3n) is 5.80. The van der Waals surface area contributed by atoms with E-state index < -0.39 is 0 Å². The number of nitrogens with zero attached hydrogens (tertiary/aromatic N) is 1. The number of anilines is 2. The molecular formula is C28H31N3O5. The average molecular weight is 490 g/mol. The van der Waals surface area contributed by atoms with Gasteiger partial charge in [0, 0.05) is 37.4 Å². The molecule has 4 rings (SSSR count). The largest absolute Gasteiger partial charge is 0.491 e. The Kier molecular flexibility index (Phi) is 9.04. The number of rotatable bonds is 10. The summed E-state index contributed by atoms with van der Waals surface area (Å²) in [5.74, 6) is -0.0476. The second-order valence-electron chi connectivity index (χ2n) is 8.47. The van der Waals surface area contributed by atoms with Gasteiger partial charge in [-0.3, -0.25) is 14.5 Å². The highest BCUT2D eigenvalue weighted by Gasteiger charge is 2.17. The zero-order valence-corrected chi connectivity index (χ0v) is 20.1. The van der Waals surface area contributed by atoms with Gasteiger partial charge < -0.3 is 25.2 Å². The van der Waals surface area contributed by atoms with E-state index in [0.717, 1.165) is 11.1 Å². The minimum absolute atomic E-state index is 0.00226. The van der Waals surface area contributed by atoms with Crippen molar-refractivity contribution in [3.05, 3.63) is 78.4 Å². The van der Waals surface area contributed by atoms with Crippen molar-refractivity contribution in [3.63, 3.8) is 0 Å². The molecular weight excluding hydrogens is 458 g/mol. The van der Waals surface area contributed by atoms with Crippen LogP contribution in [0.2, 0.25) is 0 Å². The normalized spacial score (nSPS) is 13.7. The number of aliphatic hydroxyl groups is 1. The zero-order chi connectivity index (χ0) is 25.2. The molecule has 0 unspecified atom stereocenters. The molecule has 0 aliphatic carbocycles. The van der Waals surface area contributed by atoms with Crippen LogP contribution in [0.1, 0.15) is 16.8 Å². The lowest BCUT2D eigenvalue weighted by Gasteiger charge is -2.26. The van der Waals surface area contributed by atoms with Crippen LogP contribution in [-0.4, -0.2) is 67.9 Å². The summed E-state index contributed by atoms with van der Waals surface area (Å²) in [5, 5.41) is 14.8. The lowest BCUT2D eigenvalue weighted by Crippen LogP contribution is -2.41. The van der Waals surface area contributed by atoms with Crippen molar-refractivity contribution in [2.24, 2.45) is 0 Å². The van der Waals surface area contributed by atoms with Gasteiger partial charge in [0.15, 0.2) is 0 Å². The van der Waals surface area contributed by atoms with Gasteiger partial charge in [-0.05, 0) is 41.5 Å². The van der Waals surface area contributed by atoms with Crippen LogP contribution < -0.4 is 15.4 Å². The van der Waals surface area contributed by atoms with E-state index in [1.165, 1.54) is 0 Å². The molecule has 188 valence electrons. The molecule has 1 aliphatic rings. The lowest BCUT2D eigenvalue weighted by molar-refractivity contribution is -0.118. The third-order valence-corrected chi connectivity index (χ3v) is 5.80. The van der Waals surface area contributed by atoms with Crippen molar-refractivity contribution < 1.29 is 24.2 Å². The maximum absolute atomic E-state index is 13.0. The first-order chi connectivity index (χ1) is 17.6. The molecule has 1 saturated heterocycles. The molecule has 8 nitrogen and oxygen atoms in total. The van der Waals surface area contributed by atoms with Gasteiger partial charge in [0.25, 0.3) is 5.91 Å². The molecule has 0 spiro atoms. The van der Waals surface area contributed by atoms with Crippen molar-refractivity contribution in [2.75, 3.05) is 56.7 Å². The van der Waals surface area contributed by atoms with Crippen molar-refractivity contribution in [1.29, 1.82) is 0 Å². The maximum Gasteiger partial charge on any atom is 0.255 e. The minimum Gasteiger partial charge on any atom is -0.491 e. The fourth-order valence-electron chi connectivity index (χ4n) is 3.87. The Balaban J connectivity index is 1.45. The predicted octanol–water partition coefficient (Wildman–Crippen LogP) is 3.64. The third kappa shape index (κ3) is 7.14. The molecule has 3 N–H and O–H groups in total. The summed E-state index contributed by atoms with van der Waals surface area (Å²) in [5.41, 5.74) is 3.63. The smallest absolute Gasteiger partial charge is 0.255 e. The first-order valence-corrected chi connectivity index (χ1v) is 12.1. The van der Waals surface area contributed by atoms with E-state index in [1.807, 2.05) is 59.5 Å². The van der Waals surface area contributed by atoms with Gasteiger partial charge in [-0.1, -0.05) is 42.5 Å². The van der Waals surface area contributed by atoms with E-state index in [9.17, 15) is 9.59 Å². The lowest BCUT2D eigenvalue weighted by atomic mass is 10.1. The maximum atomic E-state index is 13.0. The Bertz CT molecular complexity index is 1150. The van der Waals surface area contributed by atoms with Crippen LogP contribution in [0.4, 0.5) is 11.4 Å². The van der Waals surface area contributed by atoms with Gasteiger partial charge in [-0.25, -0.2) is 0 Å². The Morgan fingerprint density at radius 2 is 1.64 bits per heavy atom. The van der Waals surface area contributed by atoms with Gasteiger partial charge in [0.1, 0.15) is 5.75 Å². The van der Waals surface area contributed by atoms with Crippen molar-refractivity contribution in [3.8, 4) is 16.9 Å². The number of hydrogen-bond acceptors (Lipinski definition) is 6. The van der Waals surface area contributed by atoms with E-state index in [-0.39, 0.29) is 25.0 Å². The van der Waals surface area contributed by atoms with E-state index in [2.05, 4.69) is 10.6 Å². The summed E-state index contributed by atoms with van der Waals surface area (Å²) in [6.07, 6.45) is 0.461. The molecule has 0 bridgehead atoms. The number of carbonyl (C=O) groups excluding carboxylic acids is 2. The van der Waals surface area contributed by atoms with Crippen LogP contribution in [0.5, 0.6) is 5.75 Å². The molecule has 0 aromatic heterocycles. The molecule has 8 heteroatoms. The zero-order valence-electron chi connectivity index (χ0n) is 20.1. The number of amides is 2. The first-order valence-electron chi connectivity index (χ1n) is 12.1. The van der Waals surface area contributed by atoms with Crippen molar-refractivity contribution in [2.45, 2.75) is 6.42 Å². The van der Waals surface area contributed by atoms with E-state index in [0.29, 0.717) is 62.0 Å². The molecule has 3 aromatic carbocycles. The monoisotopic (exact) mass is 489 g/mol. The highest BCUT2D eigenvalue weighted by molar-refractivity contribution is 6.06. The molecule has 1 aliphatic heterocycles. The van der Waals surface area contributed by atoms with Gasteiger partial charge in [-0.15, -0.1) is 0 Å². The first kappa shape index (κ1) is 25.4. The molecule has 36 heavy (non-hydrogen) atoms. The van der Waals surface area contributed by atoms with E-state index in [4.69, 9.17) is 14.6 Å². The SMILES string of the molecule is O=C(CN1CCOCC1)Nc1cc(C(=O)Nc2ccc(-c3ccccc3)cc2)ccc1OCCCO. The molecule has 1 heterocycles. The minimum atomic E-state index is -0.298. The van der Waals surface area contributed by atoms with Gasteiger partial charge in [-0.2, -0.15) is 0 Å².